The highest BCUT2D eigenvalue weighted by atomic mass is 14.0. The summed E-state index contributed by atoms with van der Waals surface area (Å²) in [6, 6.07) is 27.6. The fourth-order valence-electron chi connectivity index (χ4n) is 2.20. The monoisotopic (exact) mass is 348 g/mol. The van der Waals surface area contributed by atoms with E-state index < -0.39 is 0 Å². The van der Waals surface area contributed by atoms with Gasteiger partial charge in [0, 0.05) is 0 Å². The van der Waals surface area contributed by atoms with Crippen molar-refractivity contribution in [2.24, 2.45) is 0 Å². The van der Waals surface area contributed by atoms with Gasteiger partial charge in [-0.2, -0.15) is 0 Å². The molecule has 0 amide bonds. The minimum Gasteiger partial charge on any atom is -0.0683 e. The number of aryl methyl sites for hydroxylation is 3. The summed E-state index contributed by atoms with van der Waals surface area (Å²) in [5, 5.41) is 0. The molecular weight excluding hydrogens is 312 g/mol. The molecule has 0 atom stereocenters. The van der Waals surface area contributed by atoms with Crippen LogP contribution in [-0.4, -0.2) is 0 Å². The molecule has 0 saturated heterocycles. The van der Waals surface area contributed by atoms with E-state index in [0.29, 0.717) is 0 Å². The first-order valence-electron chi connectivity index (χ1n) is 9.77. The molecule has 0 heteroatoms. The van der Waals surface area contributed by atoms with Crippen molar-refractivity contribution in [3.05, 3.63) is 107 Å². The zero-order valence-corrected chi connectivity index (χ0v) is 17.7. The Hall–Kier alpha value is -2.34. The van der Waals surface area contributed by atoms with Crippen LogP contribution in [0.5, 0.6) is 0 Å². The number of hydrogen-bond donors (Lipinski definition) is 0. The Labute approximate surface area is 161 Å². The Balaban J connectivity index is 0.000000444. The first kappa shape index (κ1) is 23.7. The summed E-state index contributed by atoms with van der Waals surface area (Å²) in [7, 11) is 0. The Morgan fingerprint density at radius 1 is 0.462 bits per heavy atom. The molecule has 0 aliphatic heterocycles. The predicted molar refractivity (Wildman–Crippen MR) is 119 cm³/mol. The van der Waals surface area contributed by atoms with E-state index in [1.54, 1.807) is 0 Å². The van der Waals surface area contributed by atoms with Crippen molar-refractivity contribution in [1.82, 2.24) is 0 Å². The lowest BCUT2D eigenvalue weighted by Gasteiger charge is -2.01. The average molecular weight is 349 g/mol. The molecule has 0 aromatic heterocycles. The molecule has 0 fully saturated rings. The van der Waals surface area contributed by atoms with Crippen LogP contribution in [0.2, 0.25) is 0 Å². The standard InChI is InChI=1S/C14H14.C8H10.2C2H6/c1-12-7-9-14(10-8-12)11-13-5-3-2-4-6-13;1-7-5-3-4-6-8(7)2;2*1-2/h2-10H,11H2,1H3;3-6H,1-2H3;2*1-2H3. The second-order valence-electron chi connectivity index (χ2n) is 5.73. The van der Waals surface area contributed by atoms with E-state index in [4.69, 9.17) is 0 Å². The van der Waals surface area contributed by atoms with Crippen molar-refractivity contribution >= 4 is 0 Å². The van der Waals surface area contributed by atoms with E-state index in [0.717, 1.165) is 6.42 Å². The van der Waals surface area contributed by atoms with Crippen LogP contribution in [0.3, 0.4) is 0 Å². The quantitative estimate of drug-likeness (QED) is 0.441. The van der Waals surface area contributed by atoms with Gasteiger partial charge in [-0.3, -0.25) is 0 Å². The second kappa shape index (κ2) is 15.0. The first-order valence-corrected chi connectivity index (χ1v) is 9.77. The Morgan fingerprint density at radius 3 is 1.27 bits per heavy atom. The van der Waals surface area contributed by atoms with Crippen LogP contribution in [0.4, 0.5) is 0 Å². The van der Waals surface area contributed by atoms with Gasteiger partial charge < -0.3 is 0 Å². The molecule has 3 aromatic rings. The lowest BCUT2D eigenvalue weighted by Crippen LogP contribution is -1.86. The van der Waals surface area contributed by atoms with Crippen molar-refractivity contribution in [2.45, 2.75) is 54.9 Å². The third-order valence-corrected chi connectivity index (χ3v) is 3.80. The molecule has 0 heterocycles. The molecule has 140 valence electrons. The molecule has 0 aliphatic rings. The maximum atomic E-state index is 2.20. The topological polar surface area (TPSA) is 0 Å². The smallest absolute Gasteiger partial charge is 0.00258 e. The molecule has 0 unspecified atom stereocenters. The van der Waals surface area contributed by atoms with Crippen LogP contribution < -0.4 is 0 Å². The van der Waals surface area contributed by atoms with Gasteiger partial charge in [0.2, 0.25) is 0 Å². The summed E-state index contributed by atoms with van der Waals surface area (Å²) in [6.07, 6.45) is 1.03. The van der Waals surface area contributed by atoms with E-state index in [9.17, 15) is 0 Å². The van der Waals surface area contributed by atoms with Gasteiger partial charge in [-0.05, 0) is 49.4 Å². The van der Waals surface area contributed by atoms with E-state index in [1.165, 1.54) is 27.8 Å². The number of rotatable bonds is 2. The molecule has 0 radical (unpaired) electrons. The summed E-state index contributed by atoms with van der Waals surface area (Å²) in [4.78, 5) is 0. The molecule has 0 bridgehead atoms. The van der Waals surface area contributed by atoms with E-state index >= 15 is 0 Å². The Kier molecular flexibility index (Phi) is 13.6. The van der Waals surface area contributed by atoms with Crippen molar-refractivity contribution in [1.29, 1.82) is 0 Å². The van der Waals surface area contributed by atoms with E-state index in [-0.39, 0.29) is 0 Å². The van der Waals surface area contributed by atoms with Crippen LogP contribution >= 0.6 is 0 Å². The van der Waals surface area contributed by atoms with Gasteiger partial charge in [0.25, 0.3) is 0 Å². The lowest BCUT2D eigenvalue weighted by atomic mass is 10.0. The second-order valence-corrected chi connectivity index (χ2v) is 5.73. The van der Waals surface area contributed by atoms with Gasteiger partial charge in [-0.1, -0.05) is 112 Å². The third-order valence-electron chi connectivity index (χ3n) is 3.80. The van der Waals surface area contributed by atoms with Gasteiger partial charge in [0.15, 0.2) is 0 Å². The summed E-state index contributed by atoms with van der Waals surface area (Å²) in [6.45, 7) is 14.4. The van der Waals surface area contributed by atoms with Crippen molar-refractivity contribution in [3.8, 4) is 0 Å². The normalized spacial score (nSPS) is 8.73. The highest BCUT2D eigenvalue weighted by Gasteiger charge is 1.94. The minimum absolute atomic E-state index is 1.03. The van der Waals surface area contributed by atoms with Crippen molar-refractivity contribution in [2.75, 3.05) is 0 Å². The average Bonchev–Trinajstić information content (AvgIpc) is 2.70. The molecule has 0 aliphatic carbocycles. The maximum absolute atomic E-state index is 2.20. The highest BCUT2D eigenvalue weighted by molar-refractivity contribution is 5.28. The molecule has 0 saturated carbocycles. The molecule has 3 aromatic carbocycles. The maximum Gasteiger partial charge on any atom is -0.00258 e. The van der Waals surface area contributed by atoms with E-state index in [1.807, 2.05) is 27.7 Å². The summed E-state index contributed by atoms with van der Waals surface area (Å²) in [5.74, 6) is 0. The molecule has 3 rings (SSSR count). The van der Waals surface area contributed by atoms with E-state index in [2.05, 4.69) is 99.6 Å². The molecular formula is C26H36. The molecule has 0 N–H and O–H groups in total. The molecule has 0 nitrogen and oxygen atoms in total. The summed E-state index contributed by atoms with van der Waals surface area (Å²) in [5.41, 5.74) is 6.81. The minimum atomic E-state index is 1.03. The lowest BCUT2D eigenvalue weighted by molar-refractivity contribution is 1.19. The van der Waals surface area contributed by atoms with Gasteiger partial charge in [-0.25, -0.2) is 0 Å². The van der Waals surface area contributed by atoms with Crippen LogP contribution in [0.15, 0.2) is 78.9 Å². The molecule has 0 spiro atoms. The Morgan fingerprint density at radius 2 is 0.846 bits per heavy atom. The van der Waals surface area contributed by atoms with Gasteiger partial charge in [0.05, 0.1) is 0 Å². The van der Waals surface area contributed by atoms with Crippen LogP contribution in [-0.2, 0) is 6.42 Å². The predicted octanol–water partition coefficient (Wildman–Crippen LogP) is 7.94. The van der Waals surface area contributed by atoms with Crippen LogP contribution in [0.1, 0.15) is 55.5 Å². The highest BCUT2D eigenvalue weighted by Crippen LogP contribution is 2.09. The first-order chi connectivity index (χ1) is 12.6. The zero-order valence-electron chi connectivity index (χ0n) is 17.7. The largest absolute Gasteiger partial charge is 0.0683 e. The number of hydrogen-bond acceptors (Lipinski definition) is 0. The van der Waals surface area contributed by atoms with Crippen molar-refractivity contribution in [3.63, 3.8) is 0 Å². The Bertz CT molecular complexity index is 658. The fraction of sp³-hybridized carbons (Fsp3) is 0.308. The SMILES string of the molecule is CC.CC.Cc1ccc(Cc2ccccc2)cc1.Cc1ccccc1C. The van der Waals surface area contributed by atoms with Gasteiger partial charge in [0.1, 0.15) is 0 Å². The van der Waals surface area contributed by atoms with Crippen molar-refractivity contribution < 1.29 is 0 Å². The fourth-order valence-corrected chi connectivity index (χ4v) is 2.20. The number of benzene rings is 3. The van der Waals surface area contributed by atoms with Gasteiger partial charge in [-0.15, -0.1) is 0 Å². The third kappa shape index (κ3) is 9.84. The zero-order chi connectivity index (χ0) is 19.8. The van der Waals surface area contributed by atoms with Crippen LogP contribution in [0, 0.1) is 20.8 Å². The summed E-state index contributed by atoms with van der Waals surface area (Å²) < 4.78 is 0. The summed E-state index contributed by atoms with van der Waals surface area (Å²) >= 11 is 0. The van der Waals surface area contributed by atoms with Crippen LogP contribution in [0.25, 0.3) is 0 Å². The molecule has 26 heavy (non-hydrogen) atoms. The van der Waals surface area contributed by atoms with Gasteiger partial charge >= 0.3 is 0 Å².